The molecule has 5 atom stereocenters. The number of halogens is 1. The van der Waals surface area contributed by atoms with Gasteiger partial charge in [-0.1, -0.05) is 63.6 Å². The highest BCUT2D eigenvalue weighted by Crippen LogP contribution is 2.30. The lowest BCUT2D eigenvalue weighted by atomic mass is 9.83. The van der Waals surface area contributed by atoms with E-state index in [4.69, 9.17) is 21.3 Å². The molecule has 0 radical (unpaired) electrons. The van der Waals surface area contributed by atoms with E-state index in [-0.39, 0.29) is 29.2 Å². The van der Waals surface area contributed by atoms with Gasteiger partial charge >= 0.3 is 5.97 Å². The van der Waals surface area contributed by atoms with Gasteiger partial charge in [0.2, 0.25) is 5.91 Å². The van der Waals surface area contributed by atoms with Crippen LogP contribution in [0.5, 0.6) is 0 Å². The number of nitrogens with zero attached hydrogens (tertiary/aromatic N) is 2. The number of benzene rings is 1. The second-order valence-corrected chi connectivity index (χ2v) is 12.6. The molecule has 1 saturated heterocycles. The zero-order valence-corrected chi connectivity index (χ0v) is 25.7. The van der Waals surface area contributed by atoms with Crippen molar-refractivity contribution in [3.8, 4) is 0 Å². The molecule has 4 rings (SSSR count). The van der Waals surface area contributed by atoms with Gasteiger partial charge in [-0.2, -0.15) is 0 Å². The predicted molar refractivity (Wildman–Crippen MR) is 161 cm³/mol. The summed E-state index contributed by atoms with van der Waals surface area (Å²) in [4.78, 5) is 44.6. The molecular formula is C31H42ClN5O4. The first-order valence-electron chi connectivity index (χ1n) is 14.4. The molecule has 3 N–H and O–H groups in total. The van der Waals surface area contributed by atoms with E-state index in [1.807, 2.05) is 38.1 Å². The van der Waals surface area contributed by atoms with Crippen molar-refractivity contribution in [2.75, 3.05) is 6.54 Å². The molecule has 5 bridgehead atoms. The van der Waals surface area contributed by atoms with Gasteiger partial charge in [0.15, 0.2) is 0 Å². The van der Waals surface area contributed by atoms with Crippen molar-refractivity contribution in [3.05, 3.63) is 46.6 Å². The van der Waals surface area contributed by atoms with Crippen LogP contribution in [0.25, 0.3) is 17.0 Å². The molecule has 41 heavy (non-hydrogen) atoms. The van der Waals surface area contributed by atoms with Crippen LogP contribution in [0.2, 0.25) is 5.02 Å². The molecule has 0 saturated carbocycles. The molecule has 1 fully saturated rings. The van der Waals surface area contributed by atoms with Crippen LogP contribution >= 0.6 is 11.6 Å². The summed E-state index contributed by atoms with van der Waals surface area (Å²) < 4.78 is 5.78. The van der Waals surface area contributed by atoms with Crippen molar-refractivity contribution in [1.29, 1.82) is 0 Å². The molecule has 1 aromatic heterocycles. The van der Waals surface area contributed by atoms with Crippen LogP contribution < -0.4 is 16.1 Å². The lowest BCUT2D eigenvalue weighted by Gasteiger charge is -2.36. The largest absolute Gasteiger partial charge is 0.455 e. The van der Waals surface area contributed by atoms with Crippen LogP contribution in [0, 0.1) is 11.3 Å². The number of hydrogen-bond acceptors (Lipinski definition) is 7. The number of amides is 2. The van der Waals surface area contributed by atoms with E-state index in [0.29, 0.717) is 35.6 Å². The smallest absolute Gasteiger partial charge is 0.325 e. The number of hydrazine groups is 1. The van der Waals surface area contributed by atoms with Gasteiger partial charge in [-0.15, -0.1) is 0 Å². The van der Waals surface area contributed by atoms with Crippen molar-refractivity contribution >= 4 is 46.4 Å². The Labute approximate surface area is 247 Å². The molecule has 222 valence electrons. The molecule has 1 aromatic carbocycles. The van der Waals surface area contributed by atoms with E-state index < -0.39 is 30.2 Å². The summed E-state index contributed by atoms with van der Waals surface area (Å²) in [6.45, 7) is 14.1. The Balaban J connectivity index is 1.73. The molecule has 0 aliphatic carbocycles. The van der Waals surface area contributed by atoms with Gasteiger partial charge in [0, 0.05) is 18.0 Å². The lowest BCUT2D eigenvalue weighted by molar-refractivity contribution is -0.157. The fourth-order valence-electron chi connectivity index (χ4n) is 5.07. The van der Waals surface area contributed by atoms with Crippen molar-refractivity contribution in [3.63, 3.8) is 0 Å². The first-order valence-corrected chi connectivity index (χ1v) is 14.8. The average molecular weight is 584 g/mol. The summed E-state index contributed by atoms with van der Waals surface area (Å²) in [7, 11) is 0. The Morgan fingerprint density at radius 1 is 1.12 bits per heavy atom. The second-order valence-electron chi connectivity index (χ2n) is 12.2. The highest BCUT2D eigenvalue weighted by molar-refractivity contribution is 6.35. The minimum Gasteiger partial charge on any atom is -0.455 e. The van der Waals surface area contributed by atoms with Crippen LogP contribution in [0.3, 0.4) is 0 Å². The molecule has 10 heteroatoms. The highest BCUT2D eigenvalue weighted by atomic mass is 35.5. The number of carbonyl (C=O) groups is 3. The topological polar surface area (TPSA) is 113 Å². The van der Waals surface area contributed by atoms with Crippen LogP contribution in [-0.4, -0.2) is 58.5 Å². The number of nitrogens with one attached hydrogen (secondary N) is 3. The van der Waals surface area contributed by atoms with Crippen molar-refractivity contribution in [2.24, 2.45) is 11.3 Å². The maximum absolute atomic E-state index is 13.4. The van der Waals surface area contributed by atoms with Gasteiger partial charge in [0.1, 0.15) is 18.2 Å². The number of ether oxygens (including phenoxy) is 1. The number of rotatable bonds is 1. The van der Waals surface area contributed by atoms with Crippen LogP contribution in [0.1, 0.15) is 78.7 Å². The molecule has 1 unspecified atom stereocenters. The minimum absolute atomic E-state index is 0.0131. The Morgan fingerprint density at radius 3 is 2.56 bits per heavy atom. The zero-order valence-electron chi connectivity index (χ0n) is 25.0. The Hall–Kier alpha value is -3.01. The first kappa shape index (κ1) is 30.9. The molecule has 0 spiro atoms. The number of cyclic esters (lactones) is 1. The third-order valence-corrected chi connectivity index (χ3v) is 8.49. The summed E-state index contributed by atoms with van der Waals surface area (Å²) >= 11 is 6.61. The normalized spacial score (nSPS) is 28.9. The van der Waals surface area contributed by atoms with Gasteiger partial charge < -0.3 is 15.4 Å². The summed E-state index contributed by atoms with van der Waals surface area (Å²) in [6, 6.07) is 5.56. The van der Waals surface area contributed by atoms with E-state index in [1.165, 1.54) is 5.01 Å². The molecule has 2 aromatic rings. The number of esters is 1. The number of pyridine rings is 1. The van der Waals surface area contributed by atoms with Crippen LogP contribution in [-0.2, 0) is 19.1 Å². The average Bonchev–Trinajstić information content (AvgIpc) is 2.93. The minimum atomic E-state index is -0.784. The van der Waals surface area contributed by atoms with Gasteiger partial charge in [-0.3, -0.25) is 19.4 Å². The first-order chi connectivity index (χ1) is 19.3. The summed E-state index contributed by atoms with van der Waals surface area (Å²) in [5.74, 6) is -1.05. The summed E-state index contributed by atoms with van der Waals surface area (Å²) in [5.41, 5.74) is 4.89. The molecule has 9 nitrogen and oxygen atoms in total. The summed E-state index contributed by atoms with van der Waals surface area (Å²) in [6.07, 6.45) is 4.64. The van der Waals surface area contributed by atoms with Gasteiger partial charge in [-0.25, -0.2) is 10.4 Å². The predicted octanol–water partition coefficient (Wildman–Crippen LogP) is 4.55. The van der Waals surface area contributed by atoms with E-state index in [1.54, 1.807) is 19.9 Å². The van der Waals surface area contributed by atoms with E-state index in [0.717, 1.165) is 10.9 Å². The van der Waals surface area contributed by atoms with Crippen LogP contribution in [0.15, 0.2) is 30.3 Å². The fourth-order valence-corrected chi connectivity index (χ4v) is 5.35. The molecular weight excluding hydrogens is 542 g/mol. The van der Waals surface area contributed by atoms with E-state index in [2.05, 4.69) is 42.9 Å². The Morgan fingerprint density at radius 2 is 1.85 bits per heavy atom. The molecule has 2 aliphatic heterocycles. The monoisotopic (exact) mass is 583 g/mol. The standard InChI is InChI=1S/C31H42ClN5O4/c1-17(2)27-28(38)33-18(3)29(39)37-14-8-9-24(36-37)30(40)41-19(4)25-16-23(32)22-11-10-21(15-26(22)35-25)12-13-31(6,7)20(5)34-27/h10-13,15-20,24,27,34,36H,8-9,14H2,1-7H3,(H,33,38)/b13-12+/t18-,19+,20?,24-,27-/m0/s1. The van der Waals surface area contributed by atoms with Crippen molar-refractivity contribution in [2.45, 2.75) is 91.6 Å². The second kappa shape index (κ2) is 12.5. The molecule has 2 aliphatic rings. The van der Waals surface area contributed by atoms with Gasteiger partial charge in [0.05, 0.1) is 22.3 Å². The zero-order chi connectivity index (χ0) is 30.1. The van der Waals surface area contributed by atoms with Crippen molar-refractivity contribution < 1.29 is 19.1 Å². The number of carbonyl (C=O) groups excluding carboxylic acids is 3. The number of aromatic nitrogens is 1. The van der Waals surface area contributed by atoms with Gasteiger partial charge in [0.25, 0.3) is 5.91 Å². The van der Waals surface area contributed by atoms with E-state index in [9.17, 15) is 14.4 Å². The highest BCUT2D eigenvalue weighted by Gasteiger charge is 2.35. The number of hydrogen-bond donors (Lipinski definition) is 3. The quantitative estimate of drug-likeness (QED) is 0.422. The fraction of sp³-hybridized carbons (Fsp3) is 0.548. The molecule has 2 amide bonds. The lowest BCUT2D eigenvalue weighted by Crippen LogP contribution is -2.61. The van der Waals surface area contributed by atoms with Crippen LogP contribution in [0.4, 0.5) is 0 Å². The SMILES string of the molecule is CC(C)[C@@H]1NC(C)C(C)(C)/C=C/c2ccc3c(Cl)cc(nc3c2)[C@@H](C)OC(=O)[C@@H]2CCCN(N2)C(=O)[C@H](C)NC1=O. The maximum Gasteiger partial charge on any atom is 0.325 e. The number of fused-ring (bicyclic) bond motifs is 4. The Kier molecular flexibility index (Phi) is 9.41. The third-order valence-electron chi connectivity index (χ3n) is 8.18. The molecule has 3 heterocycles. The maximum atomic E-state index is 13.4. The summed E-state index contributed by atoms with van der Waals surface area (Å²) in [5, 5.41) is 9.13. The van der Waals surface area contributed by atoms with Crippen molar-refractivity contribution in [1.82, 2.24) is 26.1 Å². The van der Waals surface area contributed by atoms with Gasteiger partial charge in [-0.05, 0) is 62.6 Å². The Bertz CT molecular complexity index is 1340. The third kappa shape index (κ3) is 7.08. The van der Waals surface area contributed by atoms with E-state index >= 15 is 0 Å².